The maximum Gasteiger partial charge on any atom is 0.255 e. The number of primary amides is 1. The van der Waals surface area contributed by atoms with Crippen LogP contribution in [0, 0.1) is 17.8 Å². The molecule has 3 unspecified atom stereocenters. The van der Waals surface area contributed by atoms with Crippen molar-refractivity contribution < 1.29 is 34.1 Å². The van der Waals surface area contributed by atoms with E-state index in [-0.39, 0.29) is 29.1 Å². The summed E-state index contributed by atoms with van der Waals surface area (Å²) >= 11 is 0. The van der Waals surface area contributed by atoms with E-state index >= 15 is 0 Å². The van der Waals surface area contributed by atoms with Crippen LogP contribution in [0.4, 0.5) is 5.69 Å². The number of benzene rings is 1. The summed E-state index contributed by atoms with van der Waals surface area (Å²) in [6.45, 7) is 2.71. The van der Waals surface area contributed by atoms with Crippen molar-refractivity contribution in [2.45, 2.75) is 38.6 Å². The maximum atomic E-state index is 13.8. The van der Waals surface area contributed by atoms with Gasteiger partial charge in [-0.15, -0.1) is 0 Å². The lowest BCUT2D eigenvalue weighted by Crippen LogP contribution is -2.44. The molecule has 3 atom stereocenters. The molecule has 2 fully saturated rings. The molecule has 1 aromatic heterocycles. The van der Waals surface area contributed by atoms with Crippen molar-refractivity contribution in [3.63, 3.8) is 0 Å². The number of Topliss-reactive ketones (excluding diaryl/α,β-unsaturated/α-hetero) is 2. The van der Waals surface area contributed by atoms with Crippen LogP contribution in [0.3, 0.4) is 0 Å². The van der Waals surface area contributed by atoms with Gasteiger partial charge in [-0.05, 0) is 74.4 Å². The van der Waals surface area contributed by atoms with Crippen molar-refractivity contribution in [2.24, 2.45) is 23.5 Å². The van der Waals surface area contributed by atoms with Gasteiger partial charge in [0.05, 0.1) is 23.6 Å². The first kappa shape index (κ1) is 26.2. The molecule has 4 aliphatic rings. The van der Waals surface area contributed by atoms with Crippen molar-refractivity contribution in [1.29, 1.82) is 0 Å². The summed E-state index contributed by atoms with van der Waals surface area (Å²) in [7, 11) is 3.73. The van der Waals surface area contributed by atoms with Gasteiger partial charge in [-0.3, -0.25) is 19.3 Å². The Bertz CT molecular complexity index is 1510. The highest BCUT2D eigenvalue weighted by atomic mass is 16.3. The molecular weight excluding hydrogens is 514 g/mol. The first-order chi connectivity index (χ1) is 19.1. The van der Waals surface area contributed by atoms with Crippen LogP contribution in [0.5, 0.6) is 5.75 Å². The lowest BCUT2D eigenvalue weighted by atomic mass is 9.61. The smallest absolute Gasteiger partial charge is 0.255 e. The van der Waals surface area contributed by atoms with E-state index in [4.69, 9.17) is 10.2 Å². The zero-order chi connectivity index (χ0) is 28.5. The van der Waals surface area contributed by atoms with Crippen LogP contribution in [0.15, 0.2) is 39.5 Å². The third kappa shape index (κ3) is 4.00. The van der Waals surface area contributed by atoms with Crippen LogP contribution in [0.2, 0.25) is 0 Å². The van der Waals surface area contributed by atoms with E-state index in [0.29, 0.717) is 36.3 Å². The van der Waals surface area contributed by atoms with Gasteiger partial charge in [0.15, 0.2) is 11.6 Å². The average Bonchev–Trinajstić information content (AvgIpc) is 3.56. The second kappa shape index (κ2) is 9.55. The highest BCUT2D eigenvalue weighted by Crippen LogP contribution is 2.53. The standard InChI is InChI=1S/C30H33N3O7/c1-32(2)19-12-18(21-6-5-16(40-21)13-33-7-3-4-8-33)26(35)24-17(19)10-14-9-15-11-20(34)25(30(31)39)29(38)23(15)27(36)22(14)28(24)37/h5-6,12,14-15,23,35,37-38H,3-4,7-11,13H2,1-2H3,(H2,31,39). The van der Waals surface area contributed by atoms with Crippen molar-refractivity contribution >= 4 is 28.9 Å². The number of phenolic OH excluding ortho intramolecular Hbond substituents is 1. The minimum Gasteiger partial charge on any atom is -0.511 e. The zero-order valence-corrected chi connectivity index (χ0v) is 22.6. The Morgan fingerprint density at radius 3 is 2.52 bits per heavy atom. The minimum absolute atomic E-state index is 0.0842. The molecule has 1 saturated carbocycles. The van der Waals surface area contributed by atoms with E-state index in [1.54, 1.807) is 6.07 Å². The fraction of sp³-hybridized carbons (Fsp3) is 0.433. The topological polar surface area (TPSA) is 158 Å². The molecule has 40 heavy (non-hydrogen) atoms. The number of likely N-dealkylation sites (tertiary alicyclic amines) is 1. The highest BCUT2D eigenvalue weighted by molar-refractivity contribution is 6.21. The Hall–Kier alpha value is -4.05. The van der Waals surface area contributed by atoms with E-state index in [2.05, 4.69) is 4.90 Å². The third-order valence-corrected chi connectivity index (χ3v) is 8.85. The summed E-state index contributed by atoms with van der Waals surface area (Å²) in [6.07, 6.45) is 2.94. The van der Waals surface area contributed by atoms with Gasteiger partial charge >= 0.3 is 0 Å². The van der Waals surface area contributed by atoms with E-state index in [1.807, 2.05) is 31.1 Å². The SMILES string of the molecule is CN(C)c1cc(-c2ccc(CN3CCCC3)o2)c(O)c2c1CC1CC3CC(=O)C(C(N)=O)=C(O)C3C(=O)C1=C2O. The number of phenols is 1. The van der Waals surface area contributed by atoms with Crippen molar-refractivity contribution in [2.75, 3.05) is 32.1 Å². The Morgan fingerprint density at radius 2 is 1.85 bits per heavy atom. The van der Waals surface area contributed by atoms with Crippen molar-refractivity contribution in [3.05, 3.63) is 52.0 Å². The summed E-state index contributed by atoms with van der Waals surface area (Å²) in [5, 5.41) is 33.9. The second-order valence-corrected chi connectivity index (χ2v) is 11.5. The molecule has 3 aliphatic carbocycles. The molecule has 10 nitrogen and oxygen atoms in total. The number of anilines is 1. The third-order valence-electron chi connectivity index (χ3n) is 8.85. The lowest BCUT2D eigenvalue weighted by Gasteiger charge is -2.41. The number of hydrogen-bond acceptors (Lipinski definition) is 9. The number of aliphatic hydroxyl groups is 2. The number of aliphatic hydroxyl groups excluding tert-OH is 2. The molecule has 6 rings (SSSR count). The van der Waals surface area contributed by atoms with Gasteiger partial charge < -0.3 is 30.4 Å². The summed E-state index contributed by atoms with van der Waals surface area (Å²) < 4.78 is 6.13. The molecular formula is C30H33N3O7. The summed E-state index contributed by atoms with van der Waals surface area (Å²) in [5.74, 6) is -4.26. The number of rotatable bonds is 5. The van der Waals surface area contributed by atoms with Gasteiger partial charge in [-0.2, -0.15) is 0 Å². The Labute approximate surface area is 231 Å². The molecule has 2 aromatic rings. The first-order valence-electron chi connectivity index (χ1n) is 13.7. The lowest BCUT2D eigenvalue weighted by molar-refractivity contribution is -0.127. The van der Waals surface area contributed by atoms with Crippen LogP contribution >= 0.6 is 0 Å². The van der Waals surface area contributed by atoms with Gasteiger partial charge in [-0.25, -0.2) is 0 Å². The molecule has 2 heterocycles. The van der Waals surface area contributed by atoms with E-state index in [1.165, 1.54) is 0 Å². The fourth-order valence-corrected chi connectivity index (χ4v) is 7.04. The molecule has 5 N–H and O–H groups in total. The maximum absolute atomic E-state index is 13.8. The average molecular weight is 548 g/mol. The minimum atomic E-state index is -1.15. The van der Waals surface area contributed by atoms with Crippen LogP contribution in [0.25, 0.3) is 17.1 Å². The number of fused-ring (bicyclic) bond motifs is 3. The van der Waals surface area contributed by atoms with Gasteiger partial charge in [-0.1, -0.05) is 0 Å². The molecule has 10 heteroatoms. The molecule has 1 saturated heterocycles. The van der Waals surface area contributed by atoms with E-state index < -0.39 is 46.6 Å². The summed E-state index contributed by atoms with van der Waals surface area (Å²) in [5.41, 5.74) is 6.86. The summed E-state index contributed by atoms with van der Waals surface area (Å²) in [4.78, 5) is 42.4. The predicted octanol–water partition coefficient (Wildman–Crippen LogP) is 3.23. The molecule has 1 amide bonds. The van der Waals surface area contributed by atoms with Gasteiger partial charge in [0.25, 0.3) is 5.91 Å². The van der Waals surface area contributed by atoms with E-state index in [9.17, 15) is 29.7 Å². The number of carbonyl (C=O) groups excluding carboxylic acids is 3. The Kier molecular flexibility index (Phi) is 6.25. The number of aromatic hydroxyl groups is 1. The largest absolute Gasteiger partial charge is 0.511 e. The molecule has 210 valence electrons. The normalized spacial score (nSPS) is 24.7. The Balaban J connectivity index is 1.45. The number of ketones is 2. The van der Waals surface area contributed by atoms with Crippen molar-refractivity contribution in [1.82, 2.24) is 4.90 Å². The second-order valence-electron chi connectivity index (χ2n) is 11.5. The van der Waals surface area contributed by atoms with Gasteiger partial charge in [0.1, 0.15) is 34.4 Å². The number of furan rings is 1. The zero-order valence-electron chi connectivity index (χ0n) is 22.6. The molecule has 1 aliphatic heterocycles. The molecule has 0 radical (unpaired) electrons. The van der Waals surface area contributed by atoms with Crippen molar-refractivity contribution in [3.8, 4) is 17.1 Å². The predicted molar refractivity (Wildman–Crippen MR) is 146 cm³/mol. The number of amides is 1. The van der Waals surface area contributed by atoms with E-state index in [0.717, 1.165) is 37.4 Å². The van der Waals surface area contributed by atoms with Crippen LogP contribution in [0.1, 0.15) is 42.6 Å². The molecule has 0 spiro atoms. The van der Waals surface area contributed by atoms with Gasteiger partial charge in [0, 0.05) is 31.8 Å². The first-order valence-corrected chi connectivity index (χ1v) is 13.7. The number of hydrogen-bond donors (Lipinski definition) is 4. The fourth-order valence-electron chi connectivity index (χ4n) is 7.04. The number of carbonyl (C=O) groups is 3. The monoisotopic (exact) mass is 547 g/mol. The Morgan fingerprint density at radius 1 is 1.12 bits per heavy atom. The number of nitrogens with zero attached hydrogens (tertiary/aromatic N) is 2. The van der Waals surface area contributed by atoms with Crippen LogP contribution in [-0.4, -0.2) is 64.9 Å². The van der Waals surface area contributed by atoms with Crippen LogP contribution < -0.4 is 10.6 Å². The van der Waals surface area contributed by atoms with Gasteiger partial charge in [0.2, 0.25) is 0 Å². The summed E-state index contributed by atoms with van der Waals surface area (Å²) in [6, 6.07) is 5.51. The quantitative estimate of drug-likeness (QED) is 0.413. The van der Waals surface area contributed by atoms with Crippen LogP contribution in [-0.2, 0) is 27.3 Å². The molecule has 0 bridgehead atoms. The molecule has 1 aromatic carbocycles. The number of allylic oxidation sites excluding steroid dienone is 2. The number of nitrogens with two attached hydrogens (primary N) is 1. The highest BCUT2D eigenvalue weighted by Gasteiger charge is 2.51.